The second-order valence-electron chi connectivity index (χ2n) is 6.56. The lowest BCUT2D eigenvalue weighted by Gasteiger charge is -2.09. The summed E-state index contributed by atoms with van der Waals surface area (Å²) in [7, 11) is 0. The summed E-state index contributed by atoms with van der Waals surface area (Å²) in [4.78, 5) is 28.4. The van der Waals surface area contributed by atoms with E-state index in [4.69, 9.17) is 4.74 Å². The Hall–Kier alpha value is -3.17. The van der Waals surface area contributed by atoms with Crippen LogP contribution in [0.15, 0.2) is 59.9 Å². The highest BCUT2D eigenvalue weighted by molar-refractivity contribution is 7.99. The van der Waals surface area contributed by atoms with Gasteiger partial charge in [0.1, 0.15) is 5.82 Å². The number of imidazole rings is 1. The van der Waals surface area contributed by atoms with Crippen molar-refractivity contribution in [3.05, 3.63) is 77.4 Å². The number of aliphatic hydroxyl groups excluding tert-OH is 1. The predicted octanol–water partition coefficient (Wildman–Crippen LogP) is 3.47. The number of thioether (sulfide) groups is 1. The van der Waals surface area contributed by atoms with Crippen molar-refractivity contribution >= 4 is 29.3 Å². The summed E-state index contributed by atoms with van der Waals surface area (Å²) in [5, 5.41) is 12.7. The molecule has 3 aromatic rings. The first-order chi connectivity index (χ1) is 15.0. The van der Waals surface area contributed by atoms with E-state index in [0.717, 1.165) is 5.56 Å². The van der Waals surface area contributed by atoms with Crippen LogP contribution in [-0.2, 0) is 22.7 Å². The van der Waals surface area contributed by atoms with E-state index in [2.05, 4.69) is 10.3 Å². The number of anilines is 1. The number of aromatic nitrogens is 2. The lowest BCUT2D eigenvalue weighted by Crippen LogP contribution is -2.15. The molecule has 0 aliphatic heterocycles. The number of carbonyl (C=O) groups excluding carboxylic acids is 2. The molecule has 0 radical (unpaired) electrons. The zero-order chi connectivity index (χ0) is 22.2. The quantitative estimate of drug-likeness (QED) is 0.389. The Balaban J connectivity index is 1.60. The number of nitrogens with one attached hydrogen (secondary N) is 1. The van der Waals surface area contributed by atoms with Crippen LogP contribution >= 0.6 is 11.8 Å². The highest BCUT2D eigenvalue weighted by Crippen LogP contribution is 2.20. The molecular formula is C22H22FN3O4S. The maximum absolute atomic E-state index is 13.1. The molecular weight excluding hydrogens is 421 g/mol. The highest BCUT2D eigenvalue weighted by atomic mass is 32.2. The van der Waals surface area contributed by atoms with Gasteiger partial charge in [0.25, 0.3) is 0 Å². The molecule has 7 nitrogen and oxygen atoms in total. The molecule has 0 aliphatic rings. The van der Waals surface area contributed by atoms with Crippen molar-refractivity contribution in [2.24, 2.45) is 0 Å². The molecule has 9 heteroatoms. The molecule has 2 N–H and O–H groups in total. The number of nitrogens with zero attached hydrogens (tertiary/aromatic N) is 2. The van der Waals surface area contributed by atoms with Crippen LogP contribution in [0.5, 0.6) is 0 Å². The Kier molecular flexibility index (Phi) is 7.80. The molecule has 162 valence electrons. The minimum Gasteiger partial charge on any atom is -0.462 e. The van der Waals surface area contributed by atoms with Gasteiger partial charge in [0.2, 0.25) is 5.91 Å². The summed E-state index contributed by atoms with van der Waals surface area (Å²) in [6.45, 7) is 2.25. The molecule has 0 saturated heterocycles. The number of hydrogen-bond acceptors (Lipinski definition) is 6. The van der Waals surface area contributed by atoms with Crippen LogP contribution in [0.25, 0.3) is 0 Å². The Labute approximate surface area is 183 Å². The summed E-state index contributed by atoms with van der Waals surface area (Å²) >= 11 is 1.23. The van der Waals surface area contributed by atoms with Gasteiger partial charge in [-0.05, 0) is 48.9 Å². The van der Waals surface area contributed by atoms with Gasteiger partial charge in [-0.25, -0.2) is 14.2 Å². The standard InChI is InChI=1S/C22H22FN3O4S/c1-2-30-21(29)16-5-9-18(10-6-16)24-20(28)14-31-22-25-19(13-27)12-26(22)11-15-3-7-17(23)8-4-15/h3-10,12,27H,2,11,13-14H2,1H3,(H,24,28). The van der Waals surface area contributed by atoms with Gasteiger partial charge in [0, 0.05) is 18.4 Å². The summed E-state index contributed by atoms with van der Waals surface area (Å²) in [5.74, 6) is -0.864. The monoisotopic (exact) mass is 443 g/mol. The first-order valence-electron chi connectivity index (χ1n) is 9.59. The van der Waals surface area contributed by atoms with E-state index < -0.39 is 5.97 Å². The van der Waals surface area contributed by atoms with E-state index in [1.165, 1.54) is 23.9 Å². The third kappa shape index (κ3) is 6.40. The lowest BCUT2D eigenvalue weighted by molar-refractivity contribution is -0.113. The molecule has 2 aromatic carbocycles. The molecule has 31 heavy (non-hydrogen) atoms. The Morgan fingerprint density at radius 2 is 1.87 bits per heavy atom. The van der Waals surface area contributed by atoms with Crippen molar-refractivity contribution in [1.82, 2.24) is 9.55 Å². The molecule has 3 rings (SSSR count). The number of benzene rings is 2. The first-order valence-corrected chi connectivity index (χ1v) is 10.6. The summed E-state index contributed by atoms with van der Waals surface area (Å²) in [5.41, 5.74) is 2.33. The van der Waals surface area contributed by atoms with Gasteiger partial charge in [-0.15, -0.1) is 0 Å². The fraction of sp³-hybridized carbons (Fsp3) is 0.227. The predicted molar refractivity (Wildman–Crippen MR) is 115 cm³/mol. The van der Waals surface area contributed by atoms with Gasteiger partial charge < -0.3 is 19.7 Å². The van der Waals surface area contributed by atoms with Crippen molar-refractivity contribution in [3.8, 4) is 0 Å². The summed E-state index contributed by atoms with van der Waals surface area (Å²) < 4.78 is 19.9. The fourth-order valence-electron chi connectivity index (χ4n) is 2.77. The van der Waals surface area contributed by atoms with Crippen molar-refractivity contribution in [2.75, 3.05) is 17.7 Å². The van der Waals surface area contributed by atoms with Crippen molar-refractivity contribution in [2.45, 2.75) is 25.2 Å². The average Bonchev–Trinajstić information content (AvgIpc) is 3.16. The number of hydrogen-bond donors (Lipinski definition) is 2. The van der Waals surface area contributed by atoms with Gasteiger partial charge in [-0.3, -0.25) is 4.79 Å². The minimum absolute atomic E-state index is 0.102. The number of halogens is 1. The first kappa shape index (κ1) is 22.5. The molecule has 0 unspecified atom stereocenters. The third-order valence-corrected chi connectivity index (χ3v) is 5.22. The summed E-state index contributed by atoms with van der Waals surface area (Å²) in [6, 6.07) is 12.6. The Morgan fingerprint density at radius 1 is 1.16 bits per heavy atom. The smallest absolute Gasteiger partial charge is 0.338 e. The number of rotatable bonds is 9. The largest absolute Gasteiger partial charge is 0.462 e. The molecule has 0 atom stereocenters. The van der Waals surface area contributed by atoms with Crippen molar-refractivity contribution in [1.29, 1.82) is 0 Å². The second-order valence-corrected chi connectivity index (χ2v) is 7.50. The van der Waals surface area contributed by atoms with Crippen LogP contribution in [0.2, 0.25) is 0 Å². The van der Waals surface area contributed by atoms with E-state index in [1.807, 2.05) is 4.57 Å². The number of aliphatic hydroxyl groups is 1. The number of esters is 1. The van der Waals surface area contributed by atoms with Gasteiger partial charge in [-0.1, -0.05) is 23.9 Å². The molecule has 1 amide bonds. The molecule has 0 fully saturated rings. The van der Waals surface area contributed by atoms with Crippen molar-refractivity contribution < 1.29 is 23.8 Å². The van der Waals surface area contributed by atoms with Crippen LogP contribution < -0.4 is 5.32 Å². The number of carbonyl (C=O) groups is 2. The van der Waals surface area contributed by atoms with E-state index in [1.54, 1.807) is 49.5 Å². The zero-order valence-corrected chi connectivity index (χ0v) is 17.7. The Morgan fingerprint density at radius 3 is 2.52 bits per heavy atom. The number of amides is 1. The van der Waals surface area contributed by atoms with Crippen molar-refractivity contribution in [3.63, 3.8) is 0 Å². The lowest BCUT2D eigenvalue weighted by atomic mass is 10.2. The average molecular weight is 444 g/mol. The van der Waals surface area contributed by atoms with E-state index in [0.29, 0.717) is 35.3 Å². The molecule has 1 heterocycles. The fourth-order valence-corrected chi connectivity index (χ4v) is 3.57. The molecule has 0 saturated carbocycles. The van der Waals surface area contributed by atoms with Crippen LogP contribution in [0, 0.1) is 5.82 Å². The topological polar surface area (TPSA) is 93.4 Å². The van der Waals surface area contributed by atoms with E-state index in [9.17, 15) is 19.1 Å². The van der Waals surface area contributed by atoms with Crippen LogP contribution in [-0.4, -0.2) is 38.9 Å². The maximum atomic E-state index is 13.1. The van der Waals surface area contributed by atoms with Crippen LogP contribution in [0.1, 0.15) is 28.5 Å². The Bertz CT molecular complexity index is 1040. The number of ether oxygens (including phenoxy) is 1. The normalized spacial score (nSPS) is 10.7. The molecule has 0 bridgehead atoms. The van der Waals surface area contributed by atoms with Crippen LogP contribution in [0.4, 0.5) is 10.1 Å². The van der Waals surface area contributed by atoms with Gasteiger partial charge in [0.05, 0.1) is 30.2 Å². The summed E-state index contributed by atoms with van der Waals surface area (Å²) in [6.07, 6.45) is 1.71. The van der Waals surface area contributed by atoms with Gasteiger partial charge >= 0.3 is 5.97 Å². The SMILES string of the molecule is CCOC(=O)c1ccc(NC(=O)CSc2nc(CO)cn2Cc2ccc(F)cc2)cc1. The minimum atomic E-state index is -0.413. The van der Waals surface area contributed by atoms with Gasteiger partial charge in [0.15, 0.2) is 5.16 Å². The second kappa shape index (κ2) is 10.7. The third-order valence-electron chi connectivity index (χ3n) is 4.23. The molecule has 1 aromatic heterocycles. The van der Waals surface area contributed by atoms with E-state index >= 15 is 0 Å². The molecule has 0 aliphatic carbocycles. The molecule has 0 spiro atoms. The zero-order valence-electron chi connectivity index (χ0n) is 16.9. The highest BCUT2D eigenvalue weighted by Gasteiger charge is 2.12. The van der Waals surface area contributed by atoms with Crippen LogP contribution in [0.3, 0.4) is 0 Å². The van der Waals surface area contributed by atoms with Gasteiger partial charge in [-0.2, -0.15) is 0 Å². The maximum Gasteiger partial charge on any atom is 0.338 e. The van der Waals surface area contributed by atoms with E-state index in [-0.39, 0.29) is 24.1 Å².